The fraction of sp³-hybridized carbons (Fsp3) is 0.391. The van der Waals surface area contributed by atoms with Crippen molar-refractivity contribution in [3.05, 3.63) is 52.5 Å². The summed E-state index contributed by atoms with van der Waals surface area (Å²) >= 11 is 5.91. The molecule has 0 saturated heterocycles. The Morgan fingerprint density at radius 2 is 1.79 bits per heavy atom. The highest BCUT2D eigenvalue weighted by molar-refractivity contribution is 7.90. The Hall–Kier alpha value is -2.98. The topological polar surface area (TPSA) is 134 Å². The van der Waals surface area contributed by atoms with Crippen molar-refractivity contribution in [2.45, 2.75) is 49.5 Å². The van der Waals surface area contributed by atoms with Crippen molar-refractivity contribution in [2.24, 2.45) is 0 Å². The number of methoxy groups -OCH3 is 1. The first-order chi connectivity index (χ1) is 16.2. The molecule has 184 valence electrons. The molecule has 34 heavy (non-hydrogen) atoms. The van der Waals surface area contributed by atoms with Gasteiger partial charge in [0.15, 0.2) is 11.5 Å². The number of nitrogens with one attached hydrogen (secondary N) is 3. The molecule has 1 saturated carbocycles. The number of amides is 3. The molecule has 0 radical (unpaired) electrons. The number of sulfonamides is 1. The van der Waals surface area contributed by atoms with Gasteiger partial charge in [-0.15, -0.1) is 0 Å². The van der Waals surface area contributed by atoms with Gasteiger partial charge in [-0.05, 0) is 43.0 Å². The fourth-order valence-electron chi connectivity index (χ4n) is 3.86. The number of hydrogen-bond donors (Lipinski definition) is 4. The molecule has 0 atom stereocenters. The molecular formula is C23H28ClN3O6S. The number of hydrogen-bond acceptors (Lipinski definition) is 6. The maximum atomic E-state index is 12.5. The molecule has 0 aromatic heterocycles. The smallest absolute Gasteiger partial charge is 0.328 e. The molecule has 1 fully saturated rings. The van der Waals surface area contributed by atoms with Crippen LogP contribution < -0.4 is 20.1 Å². The summed E-state index contributed by atoms with van der Waals surface area (Å²) in [5.41, 5.74) is 0.887. The van der Waals surface area contributed by atoms with Gasteiger partial charge in [-0.3, -0.25) is 4.79 Å². The van der Waals surface area contributed by atoms with Crippen LogP contribution in [0.25, 0.3) is 0 Å². The van der Waals surface area contributed by atoms with E-state index >= 15 is 0 Å². The molecule has 1 aliphatic carbocycles. The standard InChI is InChI=1S/C23H28ClN3O6S/c1-33-21-19(13-16(24)14-20(21)28)22(29)25-12-11-15-7-9-18(10-8-15)34(31,32)27-23(30)26-17-5-3-2-4-6-17/h7-10,13-14,17,28H,2-6,11-12H2,1H3,(H,25,29)(H2,26,27,30). The van der Waals surface area contributed by atoms with Crippen molar-refractivity contribution in [1.82, 2.24) is 15.4 Å². The SMILES string of the molecule is COc1c(O)cc(Cl)cc1C(=O)NCCc1ccc(S(=O)(=O)NC(=O)NC2CCCCC2)cc1. The van der Waals surface area contributed by atoms with Crippen LogP contribution in [-0.2, 0) is 16.4 Å². The number of carbonyl (C=O) groups excluding carboxylic acids is 2. The van der Waals surface area contributed by atoms with Gasteiger partial charge in [-0.1, -0.05) is 43.0 Å². The van der Waals surface area contributed by atoms with Crippen LogP contribution in [-0.4, -0.2) is 45.2 Å². The second-order valence-corrected chi connectivity index (χ2v) is 10.2. The Labute approximate surface area is 203 Å². The number of carbonyl (C=O) groups is 2. The number of halogens is 1. The Bertz CT molecular complexity index is 1130. The van der Waals surface area contributed by atoms with Gasteiger partial charge in [0.1, 0.15) is 0 Å². The first-order valence-electron chi connectivity index (χ1n) is 11.0. The summed E-state index contributed by atoms with van der Waals surface area (Å²) in [6.07, 6.45) is 5.31. The quantitative estimate of drug-likeness (QED) is 0.431. The molecule has 0 bridgehead atoms. The summed E-state index contributed by atoms with van der Waals surface area (Å²) in [5, 5.41) is 15.5. The monoisotopic (exact) mass is 509 g/mol. The molecule has 0 spiro atoms. The first kappa shape index (κ1) is 25.6. The maximum absolute atomic E-state index is 12.5. The van der Waals surface area contributed by atoms with Crippen LogP contribution in [0.3, 0.4) is 0 Å². The highest BCUT2D eigenvalue weighted by atomic mass is 35.5. The zero-order chi connectivity index (χ0) is 24.7. The van der Waals surface area contributed by atoms with Crippen molar-refractivity contribution >= 4 is 33.6 Å². The highest BCUT2D eigenvalue weighted by Gasteiger charge is 2.21. The van der Waals surface area contributed by atoms with E-state index in [9.17, 15) is 23.1 Å². The Balaban J connectivity index is 1.53. The molecular weight excluding hydrogens is 482 g/mol. The van der Waals surface area contributed by atoms with Crippen molar-refractivity contribution in [1.29, 1.82) is 0 Å². The van der Waals surface area contributed by atoms with Gasteiger partial charge < -0.3 is 20.5 Å². The Morgan fingerprint density at radius 1 is 1.12 bits per heavy atom. The largest absolute Gasteiger partial charge is 0.504 e. The number of rotatable bonds is 8. The minimum Gasteiger partial charge on any atom is -0.504 e. The lowest BCUT2D eigenvalue weighted by atomic mass is 9.96. The van der Waals surface area contributed by atoms with Crippen LogP contribution >= 0.6 is 11.6 Å². The molecule has 2 aromatic rings. The zero-order valence-corrected chi connectivity index (χ0v) is 20.3. The number of ether oxygens (including phenoxy) is 1. The Morgan fingerprint density at radius 3 is 2.44 bits per heavy atom. The summed E-state index contributed by atoms with van der Waals surface area (Å²) in [4.78, 5) is 24.5. The summed E-state index contributed by atoms with van der Waals surface area (Å²) in [7, 11) is -2.66. The third-order valence-corrected chi connectivity index (χ3v) is 7.15. The first-order valence-corrected chi connectivity index (χ1v) is 12.8. The van der Waals surface area contributed by atoms with Crippen molar-refractivity contribution in [3.8, 4) is 11.5 Å². The zero-order valence-electron chi connectivity index (χ0n) is 18.8. The third-order valence-electron chi connectivity index (χ3n) is 5.58. The normalized spacial score (nSPS) is 14.3. The third kappa shape index (κ3) is 6.77. The van der Waals surface area contributed by atoms with Crippen LogP contribution in [0.2, 0.25) is 5.02 Å². The van der Waals surface area contributed by atoms with Gasteiger partial charge in [-0.25, -0.2) is 17.9 Å². The Kier molecular flexibility index (Phi) is 8.62. The van der Waals surface area contributed by atoms with E-state index in [1.807, 2.05) is 0 Å². The number of phenols is 1. The van der Waals surface area contributed by atoms with E-state index in [4.69, 9.17) is 16.3 Å². The van der Waals surface area contributed by atoms with Gasteiger partial charge in [0.2, 0.25) is 0 Å². The minimum absolute atomic E-state index is 0.00242. The van der Waals surface area contributed by atoms with Gasteiger partial charge in [0.25, 0.3) is 15.9 Å². The molecule has 3 rings (SSSR count). The summed E-state index contributed by atoms with van der Waals surface area (Å²) < 4.78 is 32.1. The summed E-state index contributed by atoms with van der Waals surface area (Å²) in [5.74, 6) is -0.684. The average Bonchev–Trinajstić information content (AvgIpc) is 2.79. The molecule has 0 unspecified atom stereocenters. The van der Waals surface area contributed by atoms with Crippen molar-refractivity contribution < 1.29 is 27.9 Å². The molecule has 9 nitrogen and oxygen atoms in total. The molecule has 3 amide bonds. The van der Waals surface area contributed by atoms with Crippen LogP contribution in [0.5, 0.6) is 11.5 Å². The van der Waals surface area contributed by atoms with Crippen molar-refractivity contribution in [2.75, 3.05) is 13.7 Å². The predicted octanol–water partition coefficient (Wildman–Crippen LogP) is 3.35. The van der Waals surface area contributed by atoms with Crippen LogP contribution in [0.15, 0.2) is 41.3 Å². The minimum atomic E-state index is -3.99. The fourth-order valence-corrected chi connectivity index (χ4v) is 4.98. The molecule has 4 N–H and O–H groups in total. The van der Waals surface area contributed by atoms with Crippen molar-refractivity contribution in [3.63, 3.8) is 0 Å². The lowest BCUT2D eigenvalue weighted by molar-refractivity contribution is 0.0950. The van der Waals surface area contributed by atoms with Gasteiger partial charge in [0, 0.05) is 23.7 Å². The lowest BCUT2D eigenvalue weighted by Gasteiger charge is -2.22. The van der Waals surface area contributed by atoms with Gasteiger partial charge >= 0.3 is 6.03 Å². The number of urea groups is 1. The van der Waals surface area contributed by atoms with Crippen LogP contribution in [0, 0.1) is 0 Å². The average molecular weight is 510 g/mol. The van der Waals surface area contributed by atoms with E-state index in [0.717, 1.165) is 37.7 Å². The molecule has 11 heteroatoms. The number of benzene rings is 2. The van der Waals surface area contributed by atoms with Crippen LogP contribution in [0.1, 0.15) is 48.0 Å². The van der Waals surface area contributed by atoms with E-state index < -0.39 is 22.0 Å². The van der Waals surface area contributed by atoms with E-state index in [1.54, 1.807) is 12.1 Å². The summed E-state index contributed by atoms with van der Waals surface area (Å²) in [6.45, 7) is 0.253. The molecule has 0 heterocycles. The maximum Gasteiger partial charge on any atom is 0.328 e. The molecule has 2 aromatic carbocycles. The second-order valence-electron chi connectivity index (χ2n) is 8.07. The number of phenolic OH excluding ortho intramolecular Hbond substituents is 1. The van der Waals surface area contributed by atoms with E-state index in [0.29, 0.717) is 6.42 Å². The molecule has 0 aliphatic heterocycles. The second kappa shape index (κ2) is 11.4. The predicted molar refractivity (Wildman–Crippen MR) is 128 cm³/mol. The van der Waals surface area contributed by atoms with E-state index in [1.165, 1.54) is 31.4 Å². The van der Waals surface area contributed by atoms with E-state index in [2.05, 4.69) is 15.4 Å². The number of aromatic hydroxyl groups is 1. The lowest BCUT2D eigenvalue weighted by Crippen LogP contribution is -2.45. The van der Waals surface area contributed by atoms with Crippen LogP contribution in [0.4, 0.5) is 4.79 Å². The van der Waals surface area contributed by atoms with Gasteiger partial charge in [-0.2, -0.15) is 0 Å². The van der Waals surface area contributed by atoms with E-state index in [-0.39, 0.29) is 39.6 Å². The summed E-state index contributed by atoms with van der Waals surface area (Å²) in [6, 6.07) is 8.00. The molecule has 1 aliphatic rings. The van der Waals surface area contributed by atoms with Gasteiger partial charge in [0.05, 0.1) is 17.6 Å². The highest BCUT2D eigenvalue weighted by Crippen LogP contribution is 2.33.